The van der Waals surface area contributed by atoms with Gasteiger partial charge in [-0.3, -0.25) is 4.68 Å². The Balaban J connectivity index is 2.33. The van der Waals surface area contributed by atoms with E-state index in [1.54, 1.807) is 10.9 Å². The predicted octanol–water partition coefficient (Wildman–Crippen LogP) is 2.72. The number of furan rings is 1. The van der Waals surface area contributed by atoms with Crippen molar-refractivity contribution in [3.63, 3.8) is 0 Å². The fraction of sp³-hybridized carbons (Fsp3) is 0.154. The lowest BCUT2D eigenvalue weighted by Crippen LogP contribution is -1.98. The van der Waals surface area contributed by atoms with Gasteiger partial charge in [0.1, 0.15) is 17.2 Å². The molecule has 0 aliphatic rings. The van der Waals surface area contributed by atoms with E-state index in [0.29, 0.717) is 5.82 Å². The van der Waals surface area contributed by atoms with Gasteiger partial charge in [0.05, 0.1) is 6.20 Å². The van der Waals surface area contributed by atoms with E-state index in [4.69, 9.17) is 10.2 Å². The van der Waals surface area contributed by atoms with Crippen molar-refractivity contribution in [1.29, 1.82) is 0 Å². The first kappa shape index (κ1) is 9.96. The van der Waals surface area contributed by atoms with Crippen LogP contribution in [-0.4, -0.2) is 9.78 Å². The van der Waals surface area contributed by atoms with Crippen molar-refractivity contribution in [2.75, 3.05) is 5.73 Å². The molecule has 0 atom stereocenters. The lowest BCUT2D eigenvalue weighted by Gasteiger charge is -2.01. The monoisotopic (exact) mass is 227 g/mol. The largest absolute Gasteiger partial charge is 0.461 e. The second kappa shape index (κ2) is 3.38. The van der Waals surface area contributed by atoms with Crippen molar-refractivity contribution in [3.05, 3.63) is 36.2 Å². The lowest BCUT2D eigenvalue weighted by atomic mass is 10.0. The smallest absolute Gasteiger partial charge is 0.134 e. The maximum absolute atomic E-state index is 6.00. The van der Waals surface area contributed by atoms with Crippen LogP contribution in [0.4, 0.5) is 5.82 Å². The van der Waals surface area contributed by atoms with E-state index in [1.807, 2.05) is 38.2 Å². The molecule has 2 aromatic heterocycles. The molecule has 0 aliphatic carbocycles. The number of nitrogen functional groups attached to an aromatic ring is 1. The van der Waals surface area contributed by atoms with Crippen LogP contribution in [0, 0.1) is 6.92 Å². The molecule has 2 N–H and O–H groups in total. The Labute approximate surface area is 98.6 Å². The van der Waals surface area contributed by atoms with Crippen LogP contribution in [0.5, 0.6) is 0 Å². The summed E-state index contributed by atoms with van der Waals surface area (Å²) in [6.45, 7) is 1.94. The van der Waals surface area contributed by atoms with Crippen LogP contribution in [0.3, 0.4) is 0 Å². The average Bonchev–Trinajstić information content (AvgIpc) is 2.82. The van der Waals surface area contributed by atoms with Gasteiger partial charge >= 0.3 is 0 Å². The number of nitrogens with zero attached hydrogens (tertiary/aromatic N) is 2. The van der Waals surface area contributed by atoms with Gasteiger partial charge in [-0.15, -0.1) is 0 Å². The van der Waals surface area contributed by atoms with E-state index in [0.717, 1.165) is 27.9 Å². The van der Waals surface area contributed by atoms with E-state index < -0.39 is 0 Å². The van der Waals surface area contributed by atoms with Crippen LogP contribution < -0.4 is 5.73 Å². The fourth-order valence-electron chi connectivity index (χ4n) is 2.08. The van der Waals surface area contributed by atoms with Gasteiger partial charge in [-0.05, 0) is 24.6 Å². The molecule has 0 unspecified atom stereocenters. The SMILES string of the molecule is Cc1cc2c(-c3cnn(C)c3N)cccc2o1. The van der Waals surface area contributed by atoms with Crippen LogP contribution in [0.1, 0.15) is 5.76 Å². The van der Waals surface area contributed by atoms with Crippen molar-refractivity contribution >= 4 is 16.8 Å². The minimum atomic E-state index is 0.663. The van der Waals surface area contributed by atoms with Gasteiger partial charge in [0, 0.05) is 18.0 Å². The van der Waals surface area contributed by atoms with Crippen LogP contribution in [0.2, 0.25) is 0 Å². The number of benzene rings is 1. The molecular formula is C13H13N3O. The zero-order valence-electron chi connectivity index (χ0n) is 9.77. The Bertz CT molecular complexity index is 694. The molecule has 0 spiro atoms. The van der Waals surface area contributed by atoms with Crippen LogP contribution >= 0.6 is 0 Å². The first-order chi connectivity index (χ1) is 8.16. The second-order valence-corrected chi connectivity index (χ2v) is 4.14. The minimum absolute atomic E-state index is 0.663. The summed E-state index contributed by atoms with van der Waals surface area (Å²) >= 11 is 0. The van der Waals surface area contributed by atoms with Gasteiger partial charge in [0.25, 0.3) is 0 Å². The summed E-state index contributed by atoms with van der Waals surface area (Å²) in [6.07, 6.45) is 1.78. The topological polar surface area (TPSA) is 57.0 Å². The summed E-state index contributed by atoms with van der Waals surface area (Å²) < 4.78 is 7.28. The van der Waals surface area contributed by atoms with E-state index in [9.17, 15) is 0 Å². The van der Waals surface area contributed by atoms with Crippen LogP contribution in [-0.2, 0) is 7.05 Å². The van der Waals surface area contributed by atoms with Gasteiger partial charge in [-0.1, -0.05) is 12.1 Å². The molecule has 2 heterocycles. The molecule has 4 nitrogen and oxygen atoms in total. The first-order valence-electron chi connectivity index (χ1n) is 5.44. The van der Waals surface area contributed by atoms with Crippen molar-refractivity contribution in [1.82, 2.24) is 9.78 Å². The quantitative estimate of drug-likeness (QED) is 0.695. The molecule has 0 bridgehead atoms. The van der Waals surface area contributed by atoms with Crippen molar-refractivity contribution in [2.45, 2.75) is 6.92 Å². The van der Waals surface area contributed by atoms with Crippen LogP contribution in [0.25, 0.3) is 22.1 Å². The third-order valence-corrected chi connectivity index (χ3v) is 2.96. The van der Waals surface area contributed by atoms with Gasteiger partial charge in [-0.2, -0.15) is 5.10 Å². The minimum Gasteiger partial charge on any atom is -0.461 e. The van der Waals surface area contributed by atoms with E-state index in [-0.39, 0.29) is 0 Å². The third kappa shape index (κ3) is 1.41. The molecule has 4 heteroatoms. The summed E-state index contributed by atoms with van der Waals surface area (Å²) in [5.41, 5.74) is 8.88. The molecule has 17 heavy (non-hydrogen) atoms. The molecule has 0 fully saturated rings. The summed E-state index contributed by atoms with van der Waals surface area (Å²) in [6, 6.07) is 7.98. The Kier molecular flexibility index (Phi) is 1.98. The standard InChI is InChI=1S/C13H13N3O/c1-8-6-10-9(4-3-5-12(10)17-8)11-7-15-16(2)13(11)14/h3-7H,14H2,1-2H3. The molecule has 0 amide bonds. The maximum Gasteiger partial charge on any atom is 0.134 e. The highest BCUT2D eigenvalue weighted by Crippen LogP contribution is 2.33. The van der Waals surface area contributed by atoms with Crippen molar-refractivity contribution < 1.29 is 4.42 Å². The molecule has 0 saturated heterocycles. The zero-order valence-corrected chi connectivity index (χ0v) is 9.77. The average molecular weight is 227 g/mol. The van der Waals surface area contributed by atoms with Crippen molar-refractivity contribution in [2.24, 2.45) is 7.05 Å². The lowest BCUT2D eigenvalue weighted by molar-refractivity contribution is 0.578. The second-order valence-electron chi connectivity index (χ2n) is 4.14. The Hall–Kier alpha value is -2.23. The molecule has 3 aromatic rings. The number of anilines is 1. The highest BCUT2D eigenvalue weighted by molar-refractivity contribution is 5.96. The molecular weight excluding hydrogens is 214 g/mol. The normalized spacial score (nSPS) is 11.2. The molecule has 0 aliphatic heterocycles. The number of aryl methyl sites for hydroxylation is 2. The summed E-state index contributed by atoms with van der Waals surface area (Å²) in [5.74, 6) is 1.56. The van der Waals surface area contributed by atoms with Crippen LogP contribution in [0.15, 0.2) is 34.9 Å². The first-order valence-corrected chi connectivity index (χ1v) is 5.44. The predicted molar refractivity (Wildman–Crippen MR) is 67.6 cm³/mol. The molecule has 3 rings (SSSR count). The number of fused-ring (bicyclic) bond motifs is 1. The highest BCUT2D eigenvalue weighted by Gasteiger charge is 2.12. The van der Waals surface area contributed by atoms with E-state index >= 15 is 0 Å². The molecule has 1 aromatic carbocycles. The number of rotatable bonds is 1. The molecule has 0 radical (unpaired) electrons. The van der Waals surface area contributed by atoms with Gasteiger partial charge in [-0.25, -0.2) is 0 Å². The Morgan fingerprint density at radius 2 is 2.12 bits per heavy atom. The van der Waals surface area contributed by atoms with Gasteiger partial charge < -0.3 is 10.2 Å². The fourth-order valence-corrected chi connectivity index (χ4v) is 2.08. The molecule has 86 valence electrons. The highest BCUT2D eigenvalue weighted by atomic mass is 16.3. The Morgan fingerprint density at radius 3 is 2.82 bits per heavy atom. The summed E-state index contributed by atoms with van der Waals surface area (Å²) in [5, 5.41) is 5.24. The van der Waals surface area contributed by atoms with E-state index in [2.05, 4.69) is 5.10 Å². The molecule has 0 saturated carbocycles. The van der Waals surface area contributed by atoms with Gasteiger partial charge in [0.2, 0.25) is 0 Å². The van der Waals surface area contributed by atoms with E-state index in [1.165, 1.54) is 0 Å². The maximum atomic E-state index is 6.00. The van der Waals surface area contributed by atoms with Gasteiger partial charge in [0.15, 0.2) is 0 Å². The number of nitrogens with two attached hydrogens (primary N) is 1. The van der Waals surface area contributed by atoms with Crippen molar-refractivity contribution in [3.8, 4) is 11.1 Å². The summed E-state index contributed by atoms with van der Waals surface area (Å²) in [4.78, 5) is 0. The Morgan fingerprint density at radius 1 is 1.29 bits per heavy atom. The summed E-state index contributed by atoms with van der Waals surface area (Å²) in [7, 11) is 1.83. The number of hydrogen-bond acceptors (Lipinski definition) is 3. The number of aromatic nitrogens is 2. The third-order valence-electron chi connectivity index (χ3n) is 2.96. The number of hydrogen-bond donors (Lipinski definition) is 1. The zero-order chi connectivity index (χ0) is 12.0.